The highest BCUT2D eigenvalue weighted by atomic mass is 16.7. The van der Waals surface area contributed by atoms with E-state index in [1.54, 1.807) is 0 Å². The first-order chi connectivity index (χ1) is 20.9. The van der Waals surface area contributed by atoms with E-state index < -0.39 is 90.3 Å². The van der Waals surface area contributed by atoms with Crippen LogP contribution in [-0.4, -0.2) is 121 Å². The molecule has 3 heterocycles. The highest BCUT2D eigenvalue weighted by Gasteiger charge is 2.46. The maximum absolute atomic E-state index is 13.9. The molecule has 10 atom stereocenters. The van der Waals surface area contributed by atoms with Crippen LogP contribution >= 0.6 is 0 Å². The second-order valence-corrected chi connectivity index (χ2v) is 10.4. The van der Waals surface area contributed by atoms with E-state index in [1.807, 2.05) is 0 Å². The third kappa shape index (κ3) is 5.51. The molecule has 0 aliphatic carbocycles. The fourth-order valence-corrected chi connectivity index (χ4v) is 4.99. The molecular formula is C28H32O16. The van der Waals surface area contributed by atoms with Crippen molar-refractivity contribution in [1.29, 1.82) is 0 Å². The number of aliphatic hydroxyl groups excluding tert-OH is 7. The number of ether oxygens (including phenoxy) is 5. The Morgan fingerprint density at radius 2 is 1.41 bits per heavy atom. The minimum absolute atomic E-state index is 0.133. The fraction of sp³-hybridized carbons (Fsp3) is 0.464. The minimum Gasteiger partial charge on any atom is -0.508 e. The Morgan fingerprint density at radius 3 is 2.02 bits per heavy atom. The SMILES string of the molecule is COc1c(O[C@H]2O[C@H](C)[C@@H](O)[C@H](O)[C@@H]2O)cc(O)c2c(=O)c(O[C@@H]3O[C@H](CO)[C@@H](O)[C@H](O)[C@H]3O)c(-c3ccc(O)cc3)oc12. The largest absolute Gasteiger partial charge is 0.508 e. The third-order valence-electron chi connectivity index (χ3n) is 7.49. The Labute approximate surface area is 248 Å². The summed E-state index contributed by atoms with van der Waals surface area (Å²) in [7, 11) is 1.19. The zero-order valence-electron chi connectivity index (χ0n) is 23.3. The van der Waals surface area contributed by atoms with Gasteiger partial charge < -0.3 is 74.1 Å². The summed E-state index contributed by atoms with van der Waals surface area (Å²) in [6.45, 7) is 0.669. The second kappa shape index (κ2) is 12.4. The lowest BCUT2D eigenvalue weighted by molar-refractivity contribution is -0.277. The first-order valence-corrected chi connectivity index (χ1v) is 13.4. The predicted octanol–water partition coefficient (Wildman–Crippen LogP) is -1.74. The Balaban J connectivity index is 1.66. The molecule has 0 saturated carbocycles. The van der Waals surface area contributed by atoms with Crippen molar-refractivity contribution in [2.75, 3.05) is 13.7 Å². The van der Waals surface area contributed by atoms with Crippen molar-refractivity contribution in [3.63, 3.8) is 0 Å². The summed E-state index contributed by atoms with van der Waals surface area (Å²) in [5.74, 6) is -2.37. The zero-order valence-corrected chi connectivity index (χ0v) is 23.3. The molecule has 9 N–H and O–H groups in total. The minimum atomic E-state index is -1.90. The summed E-state index contributed by atoms with van der Waals surface area (Å²) in [6.07, 6.45) is -15.9. The molecule has 0 bridgehead atoms. The van der Waals surface area contributed by atoms with Crippen LogP contribution in [0.5, 0.6) is 28.7 Å². The molecule has 16 nitrogen and oxygen atoms in total. The second-order valence-electron chi connectivity index (χ2n) is 10.4. The maximum Gasteiger partial charge on any atom is 0.239 e. The number of hydrogen-bond donors (Lipinski definition) is 9. The van der Waals surface area contributed by atoms with Crippen LogP contribution in [0.15, 0.2) is 39.5 Å². The van der Waals surface area contributed by atoms with Gasteiger partial charge in [0.1, 0.15) is 59.6 Å². The first kappa shape index (κ1) is 31.7. The lowest BCUT2D eigenvalue weighted by atomic mass is 9.99. The van der Waals surface area contributed by atoms with Crippen LogP contribution in [0.4, 0.5) is 0 Å². The van der Waals surface area contributed by atoms with Crippen molar-refractivity contribution in [1.82, 2.24) is 0 Å². The molecule has 2 aliphatic rings. The number of benzene rings is 2. The molecule has 16 heteroatoms. The number of aromatic hydroxyl groups is 2. The van der Waals surface area contributed by atoms with Crippen LogP contribution in [0.2, 0.25) is 0 Å². The van der Waals surface area contributed by atoms with E-state index in [9.17, 15) is 50.8 Å². The highest BCUT2D eigenvalue weighted by Crippen LogP contribution is 2.45. The van der Waals surface area contributed by atoms with Gasteiger partial charge in [0.05, 0.1) is 19.8 Å². The summed E-state index contributed by atoms with van der Waals surface area (Å²) >= 11 is 0. The van der Waals surface area contributed by atoms with E-state index in [-0.39, 0.29) is 34.2 Å². The number of phenols is 2. The third-order valence-corrected chi connectivity index (χ3v) is 7.49. The number of hydrogen-bond acceptors (Lipinski definition) is 16. The van der Waals surface area contributed by atoms with E-state index in [0.717, 1.165) is 6.07 Å². The molecule has 2 fully saturated rings. The van der Waals surface area contributed by atoms with Crippen LogP contribution in [-0.2, 0) is 9.47 Å². The van der Waals surface area contributed by atoms with Gasteiger partial charge in [-0.15, -0.1) is 0 Å². The molecule has 1 aromatic heterocycles. The molecule has 3 aromatic rings. The van der Waals surface area contributed by atoms with Crippen LogP contribution in [0.3, 0.4) is 0 Å². The zero-order chi connectivity index (χ0) is 32.0. The van der Waals surface area contributed by atoms with Crippen LogP contribution in [0.1, 0.15) is 6.92 Å². The molecule has 0 unspecified atom stereocenters. The number of phenolic OH excluding ortho intramolecular Hbond substituents is 2. The number of methoxy groups -OCH3 is 1. The lowest BCUT2D eigenvalue weighted by Crippen LogP contribution is -2.60. The Kier molecular flexibility index (Phi) is 8.90. The van der Waals surface area contributed by atoms with Crippen molar-refractivity contribution in [3.8, 4) is 40.1 Å². The Morgan fingerprint density at radius 1 is 0.795 bits per heavy atom. The van der Waals surface area contributed by atoms with Gasteiger partial charge in [0.2, 0.25) is 29.5 Å². The van der Waals surface area contributed by atoms with Crippen LogP contribution in [0.25, 0.3) is 22.3 Å². The summed E-state index contributed by atoms with van der Waals surface area (Å²) < 4.78 is 33.7. The van der Waals surface area contributed by atoms with Gasteiger partial charge in [-0.2, -0.15) is 0 Å². The van der Waals surface area contributed by atoms with Gasteiger partial charge in [-0.3, -0.25) is 4.79 Å². The Hall–Kier alpha value is -3.71. The molecule has 44 heavy (non-hydrogen) atoms. The van der Waals surface area contributed by atoms with Crippen LogP contribution < -0.4 is 19.6 Å². The van der Waals surface area contributed by atoms with Gasteiger partial charge in [-0.05, 0) is 31.2 Å². The molecule has 2 aliphatic heterocycles. The molecular weight excluding hydrogens is 592 g/mol. The normalized spacial score (nSPS) is 32.4. The summed E-state index contributed by atoms with van der Waals surface area (Å²) in [6, 6.07) is 6.20. The summed E-state index contributed by atoms with van der Waals surface area (Å²) in [4.78, 5) is 13.9. The molecule has 0 spiro atoms. The smallest absolute Gasteiger partial charge is 0.239 e. The van der Waals surface area contributed by atoms with Crippen LogP contribution in [0, 0.1) is 0 Å². The average Bonchev–Trinajstić information content (AvgIpc) is 3.00. The predicted molar refractivity (Wildman–Crippen MR) is 145 cm³/mol. The van der Waals surface area contributed by atoms with E-state index in [4.69, 9.17) is 28.1 Å². The monoisotopic (exact) mass is 624 g/mol. The molecule has 2 saturated heterocycles. The van der Waals surface area contributed by atoms with Gasteiger partial charge in [0.15, 0.2) is 17.1 Å². The van der Waals surface area contributed by atoms with Crippen molar-refractivity contribution < 1.29 is 74.1 Å². The molecule has 0 radical (unpaired) electrons. The van der Waals surface area contributed by atoms with Gasteiger partial charge >= 0.3 is 0 Å². The Bertz CT molecular complexity index is 1540. The van der Waals surface area contributed by atoms with Crippen molar-refractivity contribution >= 4 is 11.0 Å². The molecule has 5 rings (SSSR count). The topological polar surface area (TPSA) is 258 Å². The van der Waals surface area contributed by atoms with E-state index in [1.165, 1.54) is 38.3 Å². The number of aliphatic hydroxyl groups is 7. The molecule has 0 amide bonds. The fourth-order valence-electron chi connectivity index (χ4n) is 4.99. The van der Waals surface area contributed by atoms with E-state index in [0.29, 0.717) is 0 Å². The first-order valence-electron chi connectivity index (χ1n) is 13.4. The number of fused-ring (bicyclic) bond motifs is 1. The van der Waals surface area contributed by atoms with Gasteiger partial charge in [0, 0.05) is 11.6 Å². The van der Waals surface area contributed by atoms with Gasteiger partial charge in [0.25, 0.3) is 0 Å². The average molecular weight is 625 g/mol. The van der Waals surface area contributed by atoms with Gasteiger partial charge in [-0.1, -0.05) is 0 Å². The van der Waals surface area contributed by atoms with E-state index in [2.05, 4.69) is 0 Å². The van der Waals surface area contributed by atoms with Gasteiger partial charge in [-0.25, -0.2) is 0 Å². The molecule has 240 valence electrons. The van der Waals surface area contributed by atoms with Crippen molar-refractivity contribution in [2.24, 2.45) is 0 Å². The summed E-state index contributed by atoms with van der Waals surface area (Å²) in [5.41, 5.74) is -1.25. The van der Waals surface area contributed by atoms with Crippen molar-refractivity contribution in [3.05, 3.63) is 40.6 Å². The maximum atomic E-state index is 13.9. The van der Waals surface area contributed by atoms with Crippen molar-refractivity contribution in [2.45, 2.75) is 68.3 Å². The number of rotatable bonds is 7. The summed E-state index contributed by atoms with van der Waals surface area (Å²) in [5, 5.41) is 91.3. The van der Waals surface area contributed by atoms with E-state index >= 15 is 0 Å². The lowest BCUT2D eigenvalue weighted by Gasteiger charge is -2.39. The molecule has 2 aromatic carbocycles. The quantitative estimate of drug-likeness (QED) is 0.141. The highest BCUT2D eigenvalue weighted by molar-refractivity contribution is 5.93. The standard InChI is InChI=1S/C28H32O16/c1-9-16(32)19(35)21(37)27(40-9)41-13-7-12(31)15-18(34)26(44-28-22(38)20(36)17(33)14(8-29)42-28)23(43-25(15)24(13)39-2)10-3-5-11(30)6-4-10/h3-7,9,14,16-17,19-22,27-33,35-38H,8H2,1-2H3/t9-,14-,16-,17-,19+,20+,21+,22-,27-,28+/m1/s1.